The molecule has 0 fully saturated rings. The molecule has 0 unspecified atom stereocenters. The number of nitrogens with one attached hydrogen (secondary N) is 1. The predicted molar refractivity (Wildman–Crippen MR) is 72.7 cm³/mol. The van der Waals surface area contributed by atoms with Gasteiger partial charge in [-0.3, -0.25) is 9.59 Å². The second-order valence-electron chi connectivity index (χ2n) is 3.77. The molecular weight excluding hydrogens is 266 g/mol. The molecule has 1 amide bonds. The van der Waals surface area contributed by atoms with E-state index in [1.54, 1.807) is 13.2 Å². The molecule has 2 aromatic rings. The quantitative estimate of drug-likeness (QED) is 0.867. The summed E-state index contributed by atoms with van der Waals surface area (Å²) in [5.41, 5.74) is 0. The number of ether oxygens (including phenoxy) is 2. The van der Waals surface area contributed by atoms with Crippen LogP contribution >= 0.6 is 11.3 Å². The van der Waals surface area contributed by atoms with Crippen LogP contribution in [0.1, 0.15) is 9.67 Å². The number of thiophene rings is 1. The van der Waals surface area contributed by atoms with Gasteiger partial charge >= 0.3 is 5.97 Å². The maximum atomic E-state index is 11.8. The Kier molecular flexibility index (Phi) is 4.01. The summed E-state index contributed by atoms with van der Waals surface area (Å²) in [4.78, 5) is 23.4. The van der Waals surface area contributed by atoms with Crippen molar-refractivity contribution >= 4 is 33.3 Å². The van der Waals surface area contributed by atoms with Gasteiger partial charge in [0.25, 0.3) is 5.91 Å². The minimum Gasteiger partial charge on any atom is -0.497 e. The van der Waals surface area contributed by atoms with E-state index in [0.29, 0.717) is 4.88 Å². The van der Waals surface area contributed by atoms with E-state index in [2.05, 4.69) is 10.1 Å². The number of rotatable bonds is 4. The first kappa shape index (κ1) is 13.4. The van der Waals surface area contributed by atoms with Gasteiger partial charge in [0.05, 0.1) is 19.1 Å². The largest absolute Gasteiger partial charge is 0.497 e. The molecule has 0 saturated heterocycles. The molecule has 1 aromatic heterocycles. The second kappa shape index (κ2) is 5.71. The highest BCUT2D eigenvalue weighted by atomic mass is 32.1. The number of carbonyl (C=O) groups excluding carboxylic acids is 2. The summed E-state index contributed by atoms with van der Waals surface area (Å²) in [6.07, 6.45) is 0. The second-order valence-corrected chi connectivity index (χ2v) is 4.86. The predicted octanol–water partition coefficient (Wildman–Crippen LogP) is 1.81. The minimum absolute atomic E-state index is 0.132. The van der Waals surface area contributed by atoms with E-state index in [1.165, 1.54) is 18.4 Å². The van der Waals surface area contributed by atoms with Crippen molar-refractivity contribution in [2.45, 2.75) is 0 Å². The molecule has 0 atom stereocenters. The lowest BCUT2D eigenvalue weighted by Crippen LogP contribution is -2.29. The van der Waals surface area contributed by atoms with Crippen molar-refractivity contribution in [3.63, 3.8) is 0 Å². The van der Waals surface area contributed by atoms with Crippen LogP contribution in [0.3, 0.4) is 0 Å². The van der Waals surface area contributed by atoms with Crippen LogP contribution in [-0.2, 0) is 9.53 Å². The Labute approximate surface area is 114 Å². The molecule has 100 valence electrons. The molecule has 0 aliphatic carbocycles. The molecule has 0 radical (unpaired) electrons. The van der Waals surface area contributed by atoms with Gasteiger partial charge < -0.3 is 14.8 Å². The smallest absolute Gasteiger partial charge is 0.325 e. The highest BCUT2D eigenvalue weighted by molar-refractivity contribution is 7.20. The Bertz CT molecular complexity index is 620. The van der Waals surface area contributed by atoms with Gasteiger partial charge in [-0.15, -0.1) is 11.3 Å². The molecule has 0 spiro atoms. The monoisotopic (exact) mass is 279 g/mol. The molecule has 0 bridgehead atoms. The number of methoxy groups -OCH3 is 2. The zero-order valence-corrected chi connectivity index (χ0v) is 11.4. The number of hydrogen-bond donors (Lipinski definition) is 1. The summed E-state index contributed by atoms with van der Waals surface area (Å²) in [5, 5.41) is 3.44. The van der Waals surface area contributed by atoms with Gasteiger partial charge in [-0.2, -0.15) is 0 Å². The molecule has 0 aliphatic rings. The van der Waals surface area contributed by atoms with E-state index in [1.807, 2.05) is 18.2 Å². The number of fused-ring (bicyclic) bond motifs is 1. The van der Waals surface area contributed by atoms with Crippen molar-refractivity contribution in [3.8, 4) is 5.75 Å². The number of hydrogen-bond acceptors (Lipinski definition) is 5. The van der Waals surface area contributed by atoms with Gasteiger partial charge in [0, 0.05) is 4.70 Å². The van der Waals surface area contributed by atoms with Gasteiger partial charge in [-0.25, -0.2) is 0 Å². The van der Waals surface area contributed by atoms with Gasteiger partial charge in [-0.05, 0) is 29.7 Å². The number of amides is 1. The highest BCUT2D eigenvalue weighted by Crippen LogP contribution is 2.28. The first-order chi connectivity index (χ1) is 9.13. The van der Waals surface area contributed by atoms with Gasteiger partial charge in [0.15, 0.2) is 0 Å². The van der Waals surface area contributed by atoms with E-state index in [4.69, 9.17) is 4.74 Å². The summed E-state index contributed by atoms with van der Waals surface area (Å²) in [6.45, 7) is -0.132. The van der Waals surface area contributed by atoms with E-state index in [0.717, 1.165) is 15.8 Å². The molecule has 0 saturated carbocycles. The third-order valence-electron chi connectivity index (χ3n) is 2.57. The Morgan fingerprint density at radius 2 is 2.05 bits per heavy atom. The zero-order valence-electron chi connectivity index (χ0n) is 10.6. The number of esters is 1. The van der Waals surface area contributed by atoms with Crippen LogP contribution in [0.25, 0.3) is 10.1 Å². The highest BCUT2D eigenvalue weighted by Gasteiger charge is 2.12. The summed E-state index contributed by atoms with van der Waals surface area (Å²) in [6, 6.07) is 7.38. The van der Waals surface area contributed by atoms with Crippen molar-refractivity contribution in [2.75, 3.05) is 20.8 Å². The van der Waals surface area contributed by atoms with E-state index < -0.39 is 5.97 Å². The lowest BCUT2D eigenvalue weighted by atomic mass is 10.2. The van der Waals surface area contributed by atoms with Crippen LogP contribution in [0.2, 0.25) is 0 Å². The Balaban J connectivity index is 2.16. The fourth-order valence-corrected chi connectivity index (χ4v) is 2.53. The fourth-order valence-electron chi connectivity index (χ4n) is 1.57. The van der Waals surface area contributed by atoms with Gasteiger partial charge in [0.2, 0.25) is 0 Å². The molecule has 0 aliphatic heterocycles. The summed E-state index contributed by atoms with van der Waals surface area (Å²) < 4.78 is 10.6. The van der Waals surface area contributed by atoms with Crippen molar-refractivity contribution in [2.24, 2.45) is 0 Å². The van der Waals surface area contributed by atoms with Crippen LogP contribution in [-0.4, -0.2) is 32.6 Å². The molecule has 1 N–H and O–H groups in total. The van der Waals surface area contributed by atoms with E-state index in [9.17, 15) is 9.59 Å². The van der Waals surface area contributed by atoms with Crippen molar-refractivity contribution in [1.82, 2.24) is 5.32 Å². The Morgan fingerprint density at radius 3 is 2.74 bits per heavy atom. The van der Waals surface area contributed by atoms with Crippen LogP contribution in [0.5, 0.6) is 5.75 Å². The molecule has 5 nitrogen and oxygen atoms in total. The lowest BCUT2D eigenvalue weighted by Gasteiger charge is -2.00. The normalized spacial score (nSPS) is 10.2. The van der Waals surface area contributed by atoms with Gasteiger partial charge in [0.1, 0.15) is 12.3 Å². The average molecular weight is 279 g/mol. The maximum absolute atomic E-state index is 11.8. The topological polar surface area (TPSA) is 64.6 Å². The van der Waals surface area contributed by atoms with Crippen molar-refractivity contribution in [1.29, 1.82) is 0 Å². The molecule has 2 rings (SSSR count). The first-order valence-corrected chi connectivity index (χ1v) is 6.38. The van der Waals surface area contributed by atoms with Crippen LogP contribution < -0.4 is 10.1 Å². The third-order valence-corrected chi connectivity index (χ3v) is 3.68. The number of carbonyl (C=O) groups is 2. The Hall–Kier alpha value is -2.08. The fraction of sp³-hybridized carbons (Fsp3) is 0.231. The van der Waals surface area contributed by atoms with Crippen LogP contribution in [0, 0.1) is 0 Å². The van der Waals surface area contributed by atoms with Crippen molar-refractivity contribution < 1.29 is 19.1 Å². The minimum atomic E-state index is -0.476. The Morgan fingerprint density at radius 1 is 1.26 bits per heavy atom. The van der Waals surface area contributed by atoms with E-state index >= 15 is 0 Å². The lowest BCUT2D eigenvalue weighted by molar-refractivity contribution is -0.139. The summed E-state index contributed by atoms with van der Waals surface area (Å²) in [5.74, 6) is -0.0199. The maximum Gasteiger partial charge on any atom is 0.325 e. The molecule has 6 heteroatoms. The van der Waals surface area contributed by atoms with Gasteiger partial charge in [-0.1, -0.05) is 0 Å². The van der Waals surface area contributed by atoms with Crippen LogP contribution in [0.15, 0.2) is 24.3 Å². The standard InChI is InChI=1S/C13H13NO4S/c1-17-9-3-4-10-8(5-9)6-11(19-10)13(16)14-7-12(15)18-2/h3-6H,7H2,1-2H3,(H,14,16). The summed E-state index contributed by atoms with van der Waals surface area (Å²) in [7, 11) is 2.87. The average Bonchev–Trinajstić information content (AvgIpc) is 2.86. The number of benzene rings is 1. The summed E-state index contributed by atoms with van der Waals surface area (Å²) >= 11 is 1.36. The molecule has 19 heavy (non-hydrogen) atoms. The molecule has 1 aromatic carbocycles. The van der Waals surface area contributed by atoms with Crippen LogP contribution in [0.4, 0.5) is 0 Å². The molecular formula is C13H13NO4S. The van der Waals surface area contributed by atoms with E-state index in [-0.39, 0.29) is 12.5 Å². The third kappa shape index (κ3) is 3.03. The van der Waals surface area contributed by atoms with Crippen molar-refractivity contribution in [3.05, 3.63) is 29.1 Å². The molecule has 1 heterocycles. The first-order valence-electron chi connectivity index (χ1n) is 5.56. The SMILES string of the molecule is COC(=O)CNC(=O)c1cc2cc(OC)ccc2s1. The zero-order chi connectivity index (χ0) is 13.8.